The van der Waals surface area contributed by atoms with Crippen LogP contribution < -0.4 is 24.8 Å². The summed E-state index contributed by atoms with van der Waals surface area (Å²) in [5.41, 5.74) is -1.53. The van der Waals surface area contributed by atoms with Crippen LogP contribution in [-0.2, 0) is 29.1 Å². The number of halogens is 2. The third-order valence-electron chi connectivity index (χ3n) is 11.9. The SMILES string of the molecule is COc1ccc2nc(C)c(O[C@@H]3C[C@H]4C(=O)N[C@]5(C(=O)NS(=O)(=O)C6(C)CC6)C[C@H]5/C=C/CCCCC[C@H](NC(=O)OCC5(C)CC5(F)F)C(=O)N4C3)nc2c1. The monoisotopic (exact) mass is 802 g/mol. The van der Waals surface area contributed by atoms with E-state index in [0.717, 1.165) is 0 Å². The Morgan fingerprint density at radius 3 is 2.54 bits per heavy atom. The van der Waals surface area contributed by atoms with E-state index >= 15 is 0 Å². The van der Waals surface area contributed by atoms with Gasteiger partial charge in [0.05, 0.1) is 34.8 Å². The zero-order valence-electron chi connectivity index (χ0n) is 31.9. The summed E-state index contributed by atoms with van der Waals surface area (Å²) in [6.07, 6.45) is 5.03. The molecule has 2 aliphatic heterocycles. The van der Waals surface area contributed by atoms with Crippen LogP contribution in [0.2, 0.25) is 0 Å². The predicted molar refractivity (Wildman–Crippen MR) is 197 cm³/mol. The van der Waals surface area contributed by atoms with Gasteiger partial charge in [-0.2, -0.15) is 0 Å². The van der Waals surface area contributed by atoms with Crippen molar-refractivity contribution in [3.05, 3.63) is 36.0 Å². The number of alkyl halides is 2. The van der Waals surface area contributed by atoms with Crippen molar-refractivity contribution in [2.75, 3.05) is 20.3 Å². The molecule has 3 saturated carbocycles. The van der Waals surface area contributed by atoms with E-state index in [4.69, 9.17) is 14.2 Å². The molecule has 304 valence electrons. The lowest BCUT2D eigenvalue weighted by atomic mass is 10.0. The van der Waals surface area contributed by atoms with Crippen LogP contribution in [0.4, 0.5) is 13.6 Å². The fourth-order valence-electron chi connectivity index (χ4n) is 7.46. The van der Waals surface area contributed by atoms with Crippen molar-refractivity contribution >= 4 is 44.9 Å². The fourth-order valence-corrected chi connectivity index (χ4v) is 8.77. The minimum absolute atomic E-state index is 0.0476. The Morgan fingerprint density at radius 1 is 1.09 bits per heavy atom. The normalized spacial score (nSPS) is 31.4. The van der Waals surface area contributed by atoms with Crippen LogP contribution in [0.1, 0.15) is 83.7 Å². The summed E-state index contributed by atoms with van der Waals surface area (Å²) in [6.45, 7) is 3.92. The number of rotatable bonds is 9. The number of ether oxygens (including phenoxy) is 3. The molecule has 3 N–H and O–H groups in total. The standard InChI is InChI=1S/C38H48F2N6O9S/c1-22-31(42-28-16-24(53-4)12-13-26(28)41-22)55-25-17-29-30(47)44-37(33(49)45-56(51,52)36(3)14-15-36)18-23(37)10-8-6-5-7-9-11-27(32(48)46(29)19-25)43-34(50)54-21-35(2)20-38(35,39)40/h8,10,12-13,16,23,25,27,29H,5-7,9,11,14-15,17-21H2,1-4H3,(H,43,50)(H,44,47)(H,45,49)/b10-8+/t23-,25-,27+,29+,35?,37-/m1/s1. The van der Waals surface area contributed by atoms with Gasteiger partial charge in [0.15, 0.2) is 0 Å². The molecule has 56 heavy (non-hydrogen) atoms. The number of hydrogen-bond donors (Lipinski definition) is 3. The number of aromatic nitrogens is 2. The van der Waals surface area contributed by atoms with Gasteiger partial charge >= 0.3 is 6.09 Å². The average molecular weight is 803 g/mol. The van der Waals surface area contributed by atoms with Crippen LogP contribution in [0.3, 0.4) is 0 Å². The number of nitrogens with zero attached hydrogens (tertiary/aromatic N) is 3. The number of fused-ring (bicyclic) bond motifs is 3. The maximum atomic E-state index is 14.5. The van der Waals surface area contributed by atoms with E-state index in [-0.39, 0.29) is 31.7 Å². The molecule has 18 heteroatoms. The first-order valence-corrected chi connectivity index (χ1v) is 20.5. The number of allylic oxidation sites excluding steroid dienone is 1. The minimum Gasteiger partial charge on any atom is -0.497 e. The second-order valence-electron chi connectivity index (χ2n) is 16.4. The number of aryl methyl sites for hydroxylation is 1. The van der Waals surface area contributed by atoms with Gasteiger partial charge in [-0.05, 0) is 64.5 Å². The molecule has 0 radical (unpaired) electrons. The second kappa shape index (κ2) is 14.4. The van der Waals surface area contributed by atoms with E-state index < -0.39 is 92.6 Å². The zero-order valence-corrected chi connectivity index (χ0v) is 32.7. The van der Waals surface area contributed by atoms with Crippen molar-refractivity contribution < 1.29 is 50.6 Å². The van der Waals surface area contributed by atoms with E-state index in [9.17, 15) is 36.4 Å². The summed E-state index contributed by atoms with van der Waals surface area (Å²) in [5.74, 6) is -4.93. The zero-order chi connectivity index (χ0) is 40.3. The third-order valence-corrected chi connectivity index (χ3v) is 14.1. The van der Waals surface area contributed by atoms with E-state index in [1.165, 1.54) is 18.9 Å². The van der Waals surface area contributed by atoms with Crippen molar-refractivity contribution in [3.63, 3.8) is 0 Å². The first kappa shape index (κ1) is 39.6. The minimum atomic E-state index is -4.03. The van der Waals surface area contributed by atoms with Crippen molar-refractivity contribution in [1.29, 1.82) is 0 Å². The highest BCUT2D eigenvalue weighted by Crippen LogP contribution is 2.60. The maximum absolute atomic E-state index is 14.5. The van der Waals surface area contributed by atoms with Gasteiger partial charge in [0.1, 0.15) is 41.8 Å². The van der Waals surface area contributed by atoms with Gasteiger partial charge in [0, 0.05) is 24.8 Å². The van der Waals surface area contributed by atoms with E-state index in [1.807, 2.05) is 12.2 Å². The first-order valence-electron chi connectivity index (χ1n) is 19.1. The Kier molecular flexibility index (Phi) is 10.2. The third kappa shape index (κ3) is 7.72. The van der Waals surface area contributed by atoms with Crippen LogP contribution in [-0.4, -0.2) is 102 Å². The molecular formula is C38H48F2N6O9S. The molecule has 1 aromatic carbocycles. The number of methoxy groups -OCH3 is 1. The van der Waals surface area contributed by atoms with Gasteiger partial charge in [-0.25, -0.2) is 32.0 Å². The summed E-state index contributed by atoms with van der Waals surface area (Å²) < 4.78 is 71.9. The molecule has 6 atom stereocenters. The summed E-state index contributed by atoms with van der Waals surface area (Å²) in [6, 6.07) is 2.79. The molecule has 4 fully saturated rings. The lowest BCUT2D eigenvalue weighted by Crippen LogP contribution is -2.58. The highest BCUT2D eigenvalue weighted by atomic mass is 32.2. The molecule has 3 heterocycles. The molecule has 0 bridgehead atoms. The van der Waals surface area contributed by atoms with Crippen molar-refractivity contribution in [3.8, 4) is 11.6 Å². The molecule has 1 saturated heterocycles. The highest BCUT2D eigenvalue weighted by molar-refractivity contribution is 7.91. The van der Waals surface area contributed by atoms with Crippen LogP contribution in [0.15, 0.2) is 30.4 Å². The number of alkyl carbamates (subject to hydrolysis) is 1. The second-order valence-corrected chi connectivity index (χ2v) is 18.6. The summed E-state index contributed by atoms with van der Waals surface area (Å²) in [5, 5.41) is 5.38. The smallest absolute Gasteiger partial charge is 0.407 e. The Hall–Kier alpha value is -4.61. The molecule has 0 spiro atoms. The van der Waals surface area contributed by atoms with E-state index in [2.05, 4.69) is 25.3 Å². The van der Waals surface area contributed by atoms with Crippen LogP contribution in [0.25, 0.3) is 11.0 Å². The van der Waals surface area contributed by atoms with Crippen LogP contribution >= 0.6 is 0 Å². The number of amides is 4. The predicted octanol–water partition coefficient (Wildman–Crippen LogP) is 3.83. The molecule has 1 unspecified atom stereocenters. The molecular weight excluding hydrogens is 755 g/mol. The molecule has 15 nitrogen and oxygen atoms in total. The van der Waals surface area contributed by atoms with Crippen LogP contribution in [0.5, 0.6) is 11.6 Å². The largest absolute Gasteiger partial charge is 0.497 e. The maximum Gasteiger partial charge on any atom is 0.407 e. The molecule has 1 aromatic heterocycles. The summed E-state index contributed by atoms with van der Waals surface area (Å²) in [7, 11) is -2.51. The van der Waals surface area contributed by atoms with E-state index in [1.54, 1.807) is 32.0 Å². The van der Waals surface area contributed by atoms with Gasteiger partial charge < -0.3 is 29.7 Å². The van der Waals surface area contributed by atoms with Gasteiger partial charge in [0.25, 0.3) is 11.8 Å². The van der Waals surface area contributed by atoms with Gasteiger partial charge in [-0.3, -0.25) is 19.1 Å². The fraction of sp³-hybridized carbons (Fsp3) is 0.632. The van der Waals surface area contributed by atoms with Gasteiger partial charge in [-0.15, -0.1) is 0 Å². The molecule has 2 aromatic rings. The van der Waals surface area contributed by atoms with Crippen LogP contribution in [0, 0.1) is 18.3 Å². The Bertz CT molecular complexity index is 2080. The molecule has 5 aliphatic rings. The number of benzene rings is 1. The summed E-state index contributed by atoms with van der Waals surface area (Å²) >= 11 is 0. The number of carbonyl (C=O) groups excluding carboxylic acids is 4. The van der Waals surface area contributed by atoms with Crippen molar-refractivity contribution in [2.45, 2.75) is 119 Å². The molecule has 4 amide bonds. The highest BCUT2D eigenvalue weighted by Gasteiger charge is 2.68. The lowest BCUT2D eigenvalue weighted by molar-refractivity contribution is -0.141. The summed E-state index contributed by atoms with van der Waals surface area (Å²) in [4.78, 5) is 66.2. The number of sulfonamides is 1. The topological polar surface area (TPSA) is 195 Å². The Labute approximate surface area is 323 Å². The molecule has 7 rings (SSSR count). The Balaban J connectivity index is 1.17. The lowest BCUT2D eigenvalue weighted by Gasteiger charge is -2.30. The Morgan fingerprint density at radius 2 is 1.84 bits per heavy atom. The quantitative estimate of drug-likeness (QED) is 0.312. The number of carbonyl (C=O) groups is 4. The van der Waals surface area contributed by atoms with Crippen molar-refractivity contribution in [2.24, 2.45) is 11.3 Å². The first-order chi connectivity index (χ1) is 26.4. The number of hydrogen-bond acceptors (Lipinski definition) is 11. The van der Waals surface area contributed by atoms with E-state index in [0.29, 0.717) is 61.0 Å². The van der Waals surface area contributed by atoms with Crippen molar-refractivity contribution in [1.82, 2.24) is 30.2 Å². The molecule has 3 aliphatic carbocycles. The average Bonchev–Trinajstić information content (AvgIpc) is 4.08. The number of nitrogens with one attached hydrogen (secondary N) is 3. The van der Waals surface area contributed by atoms with Gasteiger partial charge in [0.2, 0.25) is 27.7 Å². The van der Waals surface area contributed by atoms with Gasteiger partial charge in [-0.1, -0.05) is 31.9 Å².